The molecule has 0 aliphatic rings. The zero-order chi connectivity index (χ0) is 12.7. The molecule has 1 aromatic heterocycles. The highest BCUT2D eigenvalue weighted by Crippen LogP contribution is 2.19. The highest BCUT2D eigenvalue weighted by Gasteiger charge is 2.10. The summed E-state index contributed by atoms with van der Waals surface area (Å²) >= 11 is 0. The van der Waals surface area contributed by atoms with Gasteiger partial charge in [-0.15, -0.1) is 0 Å². The van der Waals surface area contributed by atoms with Crippen LogP contribution < -0.4 is 4.57 Å². The van der Waals surface area contributed by atoms with E-state index in [1.54, 1.807) is 9.13 Å². The minimum Gasteiger partial charge on any atom is -0.317 e. The van der Waals surface area contributed by atoms with Crippen LogP contribution >= 0.6 is 0 Å². The average Bonchev–Trinajstić information content (AvgIpc) is 2.68. The first-order chi connectivity index (χ1) is 8.66. The predicted octanol–water partition coefficient (Wildman–Crippen LogP) is 2.53. The standard InChI is InChI=1S/C14H10F2N2/c1-17-9-18(14-5-3-2-4-13(14)17)12-7-6-10(15)8-11(12)16/h2-8H,1H3. The molecule has 2 nitrogen and oxygen atoms in total. The topological polar surface area (TPSA) is 8.81 Å². The van der Waals surface area contributed by atoms with Crippen LogP contribution in [0.3, 0.4) is 0 Å². The van der Waals surface area contributed by atoms with Crippen molar-refractivity contribution < 1.29 is 13.3 Å². The number of nitrogens with zero attached hydrogens (tertiary/aromatic N) is 2. The Hall–Kier alpha value is -2.23. The van der Waals surface area contributed by atoms with Crippen molar-refractivity contribution in [3.63, 3.8) is 0 Å². The first-order valence-electron chi connectivity index (χ1n) is 5.51. The molecule has 0 saturated carbocycles. The lowest BCUT2D eigenvalue weighted by atomic mass is 10.2. The molecule has 3 aromatic rings. The fraction of sp³-hybridized carbons (Fsp3) is 0.0714. The van der Waals surface area contributed by atoms with Crippen molar-refractivity contribution in [2.45, 2.75) is 0 Å². The van der Waals surface area contributed by atoms with Gasteiger partial charge >= 0.3 is 0 Å². The highest BCUT2D eigenvalue weighted by molar-refractivity contribution is 5.73. The zero-order valence-corrected chi connectivity index (χ0v) is 9.69. The lowest BCUT2D eigenvalue weighted by Gasteiger charge is -2.06. The van der Waals surface area contributed by atoms with Crippen LogP contribution in [0.2, 0.25) is 0 Å². The monoisotopic (exact) mass is 244 g/mol. The number of benzene rings is 2. The number of hydrogen-bond donors (Lipinski definition) is 0. The number of aryl methyl sites for hydroxylation is 1. The van der Waals surface area contributed by atoms with Gasteiger partial charge in [0.2, 0.25) is 6.33 Å². The summed E-state index contributed by atoms with van der Waals surface area (Å²) in [6.45, 7) is 0. The first-order valence-corrected chi connectivity index (χ1v) is 5.51. The number of aromatic nitrogens is 2. The second-order valence-corrected chi connectivity index (χ2v) is 4.08. The molecule has 0 fully saturated rings. The number of halogens is 2. The number of para-hydroxylation sites is 2. The molecule has 0 unspecified atom stereocenters. The van der Waals surface area contributed by atoms with Crippen molar-refractivity contribution >= 4 is 11.0 Å². The van der Waals surface area contributed by atoms with Gasteiger partial charge in [0.15, 0.2) is 0 Å². The van der Waals surface area contributed by atoms with Crippen molar-refractivity contribution in [3.8, 4) is 5.69 Å². The second kappa shape index (κ2) is 3.91. The normalized spacial score (nSPS) is 11.1. The number of fused-ring (bicyclic) bond motifs is 1. The van der Waals surface area contributed by atoms with E-state index in [4.69, 9.17) is 0 Å². The Labute approximate surface area is 103 Å². The van der Waals surface area contributed by atoms with E-state index in [1.165, 1.54) is 12.1 Å². The van der Waals surface area contributed by atoms with Gasteiger partial charge in [0.25, 0.3) is 0 Å². The van der Waals surface area contributed by atoms with Crippen LogP contribution in [0.15, 0.2) is 42.5 Å². The maximum absolute atomic E-state index is 13.8. The van der Waals surface area contributed by atoms with Crippen LogP contribution in [0, 0.1) is 18.0 Å². The summed E-state index contributed by atoms with van der Waals surface area (Å²) in [6.07, 6.45) is 3.00. The molecule has 2 aromatic carbocycles. The maximum Gasteiger partial charge on any atom is 0.244 e. The maximum atomic E-state index is 13.8. The lowest BCUT2D eigenvalue weighted by molar-refractivity contribution is -0.649. The number of hydrogen-bond acceptors (Lipinski definition) is 0. The van der Waals surface area contributed by atoms with Crippen molar-refractivity contribution in [2.24, 2.45) is 7.05 Å². The van der Waals surface area contributed by atoms with Gasteiger partial charge in [-0.25, -0.2) is 8.78 Å². The highest BCUT2D eigenvalue weighted by atomic mass is 19.1. The van der Waals surface area contributed by atoms with E-state index >= 15 is 0 Å². The van der Waals surface area contributed by atoms with Gasteiger partial charge in [-0.1, -0.05) is 30.3 Å². The summed E-state index contributed by atoms with van der Waals surface area (Å²) in [5.41, 5.74) is 2.04. The molecule has 0 amide bonds. The Balaban J connectivity index is 2.32. The molecule has 0 N–H and O–H groups in total. The van der Waals surface area contributed by atoms with Crippen molar-refractivity contribution in [1.82, 2.24) is 4.57 Å². The van der Waals surface area contributed by atoms with E-state index in [0.29, 0.717) is 0 Å². The third-order valence-corrected chi connectivity index (χ3v) is 2.88. The van der Waals surface area contributed by atoms with Crippen LogP contribution in [0.4, 0.5) is 8.78 Å². The van der Waals surface area contributed by atoms with E-state index in [0.717, 1.165) is 17.1 Å². The van der Waals surface area contributed by atoms with E-state index in [2.05, 4.69) is 6.33 Å². The molecule has 0 atom stereocenters. The molecule has 1 heterocycles. The second-order valence-electron chi connectivity index (χ2n) is 4.08. The molecule has 90 valence electrons. The van der Waals surface area contributed by atoms with Gasteiger partial charge in [0, 0.05) is 6.07 Å². The molecule has 18 heavy (non-hydrogen) atoms. The molecular weight excluding hydrogens is 234 g/mol. The molecular formula is C14H10F2N2. The molecule has 4 heteroatoms. The molecule has 0 spiro atoms. The van der Waals surface area contributed by atoms with Gasteiger partial charge in [-0.05, 0) is 6.07 Å². The summed E-state index contributed by atoms with van der Waals surface area (Å²) in [5, 5.41) is 0. The van der Waals surface area contributed by atoms with E-state index in [-0.39, 0.29) is 5.69 Å². The summed E-state index contributed by atoms with van der Waals surface area (Å²) in [6, 6.07) is 11.1. The molecule has 0 aliphatic carbocycles. The summed E-state index contributed by atoms with van der Waals surface area (Å²) in [4.78, 5) is 0. The number of imidazole rings is 1. The van der Waals surface area contributed by atoms with Gasteiger partial charge in [0.05, 0.1) is 23.8 Å². The van der Waals surface area contributed by atoms with E-state index < -0.39 is 11.6 Å². The third kappa shape index (κ3) is 1.57. The molecule has 0 radical (unpaired) electrons. The molecule has 0 bridgehead atoms. The van der Waals surface area contributed by atoms with Crippen LogP contribution in [0.5, 0.6) is 0 Å². The van der Waals surface area contributed by atoms with E-state index in [1.807, 2.05) is 31.3 Å². The van der Waals surface area contributed by atoms with E-state index in [9.17, 15) is 8.78 Å². The Morgan fingerprint density at radius 2 is 1.89 bits per heavy atom. The van der Waals surface area contributed by atoms with Gasteiger partial charge in [-0.3, -0.25) is 0 Å². The van der Waals surface area contributed by atoms with Crippen LogP contribution in [-0.4, -0.2) is 4.57 Å². The smallest absolute Gasteiger partial charge is 0.244 e. The fourth-order valence-corrected chi connectivity index (χ4v) is 2.04. The molecule has 0 saturated heterocycles. The lowest BCUT2D eigenvalue weighted by Crippen LogP contribution is -2.26. The molecule has 3 rings (SSSR count). The Kier molecular flexibility index (Phi) is 2.37. The first kappa shape index (κ1) is 10.9. The fourth-order valence-electron chi connectivity index (χ4n) is 2.04. The average molecular weight is 244 g/mol. The van der Waals surface area contributed by atoms with Crippen molar-refractivity contribution in [1.29, 1.82) is 0 Å². The minimum atomic E-state index is -0.604. The van der Waals surface area contributed by atoms with Gasteiger partial charge < -0.3 is 9.13 Å². The van der Waals surface area contributed by atoms with Crippen LogP contribution in [-0.2, 0) is 7.05 Å². The Morgan fingerprint density at radius 3 is 2.67 bits per heavy atom. The summed E-state index contributed by atoms with van der Waals surface area (Å²) in [5.74, 6) is -1.19. The van der Waals surface area contributed by atoms with Gasteiger partial charge in [0.1, 0.15) is 11.6 Å². The summed E-state index contributed by atoms with van der Waals surface area (Å²) < 4.78 is 30.1. The van der Waals surface area contributed by atoms with Crippen LogP contribution in [0.1, 0.15) is 0 Å². The third-order valence-electron chi connectivity index (χ3n) is 2.88. The van der Waals surface area contributed by atoms with Crippen LogP contribution in [0.25, 0.3) is 16.7 Å². The quantitative estimate of drug-likeness (QED) is 0.459. The Bertz CT molecular complexity index is 732. The number of rotatable bonds is 1. The van der Waals surface area contributed by atoms with Crippen molar-refractivity contribution in [3.05, 3.63) is 60.4 Å². The SMILES string of the molecule is C[n+]1[c-]n(-c2ccc(F)cc2F)c2ccccc21. The zero-order valence-electron chi connectivity index (χ0n) is 9.69. The predicted molar refractivity (Wildman–Crippen MR) is 63.2 cm³/mol. The molecule has 0 aliphatic heterocycles. The largest absolute Gasteiger partial charge is 0.317 e. The Morgan fingerprint density at radius 1 is 1.11 bits per heavy atom. The summed E-state index contributed by atoms with van der Waals surface area (Å²) in [7, 11) is 1.83. The minimum absolute atomic E-state index is 0.285. The van der Waals surface area contributed by atoms with Gasteiger partial charge in [-0.2, -0.15) is 0 Å². The van der Waals surface area contributed by atoms with Crippen molar-refractivity contribution in [2.75, 3.05) is 0 Å².